The van der Waals surface area contributed by atoms with E-state index in [9.17, 15) is 22.9 Å². The average molecular weight is 290 g/mol. The Kier molecular flexibility index (Phi) is 4.82. The van der Waals surface area contributed by atoms with Crippen molar-refractivity contribution in [3.8, 4) is 0 Å². The van der Waals surface area contributed by atoms with Crippen LogP contribution in [0.1, 0.15) is 12.0 Å². The number of sulfone groups is 1. The second-order valence-corrected chi connectivity index (χ2v) is 6.55. The lowest BCUT2D eigenvalue weighted by Gasteiger charge is -2.08. The fourth-order valence-corrected chi connectivity index (χ4v) is 2.19. The second kappa shape index (κ2) is 5.96. The van der Waals surface area contributed by atoms with Crippen molar-refractivity contribution in [2.24, 2.45) is 0 Å². The summed E-state index contributed by atoms with van der Waals surface area (Å²) < 4.78 is 35.1. The van der Waals surface area contributed by atoms with E-state index in [0.29, 0.717) is 6.42 Å². The summed E-state index contributed by atoms with van der Waals surface area (Å²) in [5.74, 6) is -0.651. The normalized spacial score (nSPS) is 11.3. The molecule has 0 atom stereocenters. The summed E-state index contributed by atoms with van der Waals surface area (Å²) >= 11 is 0. The molecule has 8 heteroatoms. The van der Waals surface area contributed by atoms with Gasteiger partial charge in [0.05, 0.1) is 16.7 Å². The number of benzene rings is 1. The van der Waals surface area contributed by atoms with E-state index in [1.807, 2.05) is 0 Å². The molecule has 19 heavy (non-hydrogen) atoms. The summed E-state index contributed by atoms with van der Waals surface area (Å²) in [7, 11) is -3.05. The van der Waals surface area contributed by atoms with Crippen LogP contribution < -0.4 is 5.32 Å². The van der Waals surface area contributed by atoms with Gasteiger partial charge in [-0.3, -0.25) is 10.1 Å². The summed E-state index contributed by atoms with van der Waals surface area (Å²) in [6.45, 7) is 1.76. The first-order chi connectivity index (χ1) is 8.70. The number of anilines is 1. The average Bonchev–Trinajstić information content (AvgIpc) is 2.27. The molecule has 0 aliphatic heterocycles. The van der Waals surface area contributed by atoms with Crippen LogP contribution >= 0.6 is 0 Å². The smallest absolute Gasteiger partial charge is 0.295 e. The van der Waals surface area contributed by atoms with Crippen molar-refractivity contribution in [3.05, 3.63) is 33.6 Å². The van der Waals surface area contributed by atoms with E-state index in [1.54, 1.807) is 0 Å². The molecule has 0 aliphatic carbocycles. The lowest BCUT2D eigenvalue weighted by Crippen LogP contribution is -2.11. The lowest BCUT2D eigenvalue weighted by atomic mass is 10.2. The number of nitro groups is 1. The van der Waals surface area contributed by atoms with E-state index in [4.69, 9.17) is 0 Å². The Morgan fingerprint density at radius 3 is 2.58 bits per heavy atom. The molecule has 1 rings (SSSR count). The largest absolute Gasteiger partial charge is 0.379 e. The molecule has 1 aromatic rings. The molecule has 0 aromatic heterocycles. The van der Waals surface area contributed by atoms with Crippen molar-refractivity contribution in [2.75, 3.05) is 23.9 Å². The Hall–Kier alpha value is -1.70. The number of nitrogens with zero attached hydrogens (tertiary/aromatic N) is 1. The van der Waals surface area contributed by atoms with Crippen molar-refractivity contribution >= 4 is 21.2 Å². The Morgan fingerprint density at radius 1 is 1.42 bits per heavy atom. The Bertz CT molecular complexity index is 587. The number of nitro benzene ring substituents is 1. The van der Waals surface area contributed by atoms with Gasteiger partial charge in [0.15, 0.2) is 0 Å². The Balaban J connectivity index is 2.77. The SMILES string of the molecule is Cc1cc(NCCCS(C)(=O)=O)c([N+](=O)[O-])cc1F. The van der Waals surface area contributed by atoms with Crippen LogP contribution in [0, 0.1) is 22.9 Å². The zero-order chi connectivity index (χ0) is 14.6. The summed E-state index contributed by atoms with van der Waals surface area (Å²) in [4.78, 5) is 10.1. The standard InChI is InChI=1S/C11H15FN2O4S/c1-8-6-10(11(14(15)16)7-9(8)12)13-4-3-5-19(2,17)18/h6-7,13H,3-5H2,1-2H3. The number of aryl methyl sites for hydroxylation is 1. The molecule has 0 heterocycles. The second-order valence-electron chi connectivity index (χ2n) is 4.29. The highest BCUT2D eigenvalue weighted by Crippen LogP contribution is 2.27. The fraction of sp³-hybridized carbons (Fsp3) is 0.455. The van der Waals surface area contributed by atoms with Crippen molar-refractivity contribution in [1.29, 1.82) is 0 Å². The monoisotopic (exact) mass is 290 g/mol. The first-order valence-corrected chi connectivity index (χ1v) is 7.63. The zero-order valence-electron chi connectivity index (χ0n) is 10.6. The summed E-state index contributed by atoms with van der Waals surface area (Å²) in [5.41, 5.74) is 0.121. The number of halogens is 1. The molecule has 0 unspecified atom stereocenters. The van der Waals surface area contributed by atoms with E-state index in [1.165, 1.54) is 13.0 Å². The van der Waals surface area contributed by atoms with Gasteiger partial charge < -0.3 is 5.32 Å². The van der Waals surface area contributed by atoms with Crippen LogP contribution in [0.5, 0.6) is 0 Å². The van der Waals surface area contributed by atoms with Crippen molar-refractivity contribution in [2.45, 2.75) is 13.3 Å². The number of nitrogens with one attached hydrogen (secondary N) is 1. The van der Waals surface area contributed by atoms with Gasteiger partial charge in [0.25, 0.3) is 5.69 Å². The quantitative estimate of drug-likeness (QED) is 0.491. The molecule has 0 aliphatic rings. The van der Waals surface area contributed by atoms with Crippen LogP contribution in [0.2, 0.25) is 0 Å². The molecule has 0 bridgehead atoms. The minimum absolute atomic E-state index is 0.00598. The van der Waals surface area contributed by atoms with Gasteiger partial charge in [-0.15, -0.1) is 0 Å². The molecule has 0 fully saturated rings. The van der Waals surface area contributed by atoms with E-state index < -0.39 is 20.6 Å². The Labute approximate surface area is 110 Å². The number of hydrogen-bond donors (Lipinski definition) is 1. The van der Waals surface area contributed by atoms with Crippen LogP contribution in [0.25, 0.3) is 0 Å². The highest BCUT2D eigenvalue weighted by atomic mass is 32.2. The van der Waals surface area contributed by atoms with E-state index in [2.05, 4.69) is 5.32 Å². The third-order valence-electron chi connectivity index (χ3n) is 2.48. The molecular weight excluding hydrogens is 275 g/mol. The van der Waals surface area contributed by atoms with Crippen molar-refractivity contribution < 1.29 is 17.7 Å². The molecular formula is C11H15FN2O4S. The Morgan fingerprint density at radius 2 is 2.05 bits per heavy atom. The van der Waals surface area contributed by atoms with Gasteiger partial charge in [0.1, 0.15) is 21.3 Å². The predicted octanol–water partition coefficient (Wildman–Crippen LogP) is 1.89. The molecule has 6 nitrogen and oxygen atoms in total. The third-order valence-corrected chi connectivity index (χ3v) is 3.51. The van der Waals surface area contributed by atoms with Crippen LogP contribution in [0.4, 0.5) is 15.8 Å². The van der Waals surface area contributed by atoms with Gasteiger partial charge in [-0.1, -0.05) is 0 Å². The number of rotatable bonds is 6. The van der Waals surface area contributed by atoms with Gasteiger partial charge in [-0.25, -0.2) is 12.8 Å². The first-order valence-electron chi connectivity index (χ1n) is 5.57. The minimum Gasteiger partial charge on any atom is -0.379 e. The maximum Gasteiger partial charge on any atom is 0.295 e. The highest BCUT2D eigenvalue weighted by Gasteiger charge is 2.16. The van der Waals surface area contributed by atoms with Crippen LogP contribution in [-0.4, -0.2) is 31.9 Å². The van der Waals surface area contributed by atoms with Crippen LogP contribution in [0.3, 0.4) is 0 Å². The van der Waals surface area contributed by atoms with Crippen LogP contribution in [-0.2, 0) is 9.84 Å². The van der Waals surface area contributed by atoms with Gasteiger partial charge in [0.2, 0.25) is 0 Å². The molecule has 0 saturated carbocycles. The maximum absolute atomic E-state index is 13.3. The third kappa shape index (κ3) is 4.82. The molecule has 0 saturated heterocycles. The van der Waals surface area contributed by atoms with Gasteiger partial charge in [-0.05, 0) is 25.0 Å². The maximum atomic E-state index is 13.3. The summed E-state index contributed by atoms with van der Waals surface area (Å²) in [6, 6.07) is 2.20. The molecule has 106 valence electrons. The van der Waals surface area contributed by atoms with Crippen LogP contribution in [0.15, 0.2) is 12.1 Å². The van der Waals surface area contributed by atoms with E-state index >= 15 is 0 Å². The number of hydrogen-bond acceptors (Lipinski definition) is 5. The van der Waals surface area contributed by atoms with Crippen molar-refractivity contribution in [3.63, 3.8) is 0 Å². The molecule has 0 spiro atoms. The summed E-state index contributed by atoms with van der Waals surface area (Å²) in [5, 5.41) is 13.5. The fourth-order valence-electron chi connectivity index (χ4n) is 1.52. The topological polar surface area (TPSA) is 89.3 Å². The van der Waals surface area contributed by atoms with E-state index in [-0.39, 0.29) is 29.2 Å². The zero-order valence-corrected chi connectivity index (χ0v) is 11.5. The minimum atomic E-state index is -3.05. The molecule has 0 amide bonds. The lowest BCUT2D eigenvalue weighted by molar-refractivity contribution is -0.384. The molecule has 0 radical (unpaired) electrons. The van der Waals surface area contributed by atoms with Gasteiger partial charge >= 0.3 is 0 Å². The van der Waals surface area contributed by atoms with Gasteiger partial charge in [0, 0.05) is 12.8 Å². The van der Waals surface area contributed by atoms with Crippen molar-refractivity contribution in [1.82, 2.24) is 0 Å². The van der Waals surface area contributed by atoms with Gasteiger partial charge in [-0.2, -0.15) is 0 Å². The molecule has 1 aromatic carbocycles. The summed E-state index contributed by atoms with van der Waals surface area (Å²) in [6.07, 6.45) is 1.45. The first kappa shape index (κ1) is 15.4. The highest BCUT2D eigenvalue weighted by molar-refractivity contribution is 7.90. The predicted molar refractivity (Wildman–Crippen MR) is 70.6 cm³/mol. The van der Waals surface area contributed by atoms with E-state index in [0.717, 1.165) is 12.3 Å². The molecule has 1 N–H and O–H groups in total.